The van der Waals surface area contributed by atoms with E-state index in [1.165, 1.54) is 25.2 Å². The molecule has 2 aromatic heterocycles. The molecule has 7 heteroatoms. The maximum absolute atomic E-state index is 11.4. The molecule has 23 heavy (non-hydrogen) atoms. The Bertz CT molecular complexity index is 887. The molecule has 0 saturated carbocycles. The Morgan fingerprint density at radius 2 is 1.74 bits per heavy atom. The van der Waals surface area contributed by atoms with Gasteiger partial charge in [-0.2, -0.15) is 0 Å². The fourth-order valence-electron chi connectivity index (χ4n) is 2.21. The van der Waals surface area contributed by atoms with Crippen LogP contribution in [-0.4, -0.2) is 21.8 Å². The molecule has 0 aliphatic rings. The van der Waals surface area contributed by atoms with E-state index in [1.807, 2.05) is 24.3 Å². The standard InChI is InChI=1S/C16H14N4O2S/c1-9(21)18-12-5-3-11(4-6-12)13-7-14(19-10(2)22)15-16(20-13)23-8-17-15/h3-8H,1-2H3,(H,18,21)(H,19,20,22). The van der Waals surface area contributed by atoms with E-state index in [2.05, 4.69) is 20.6 Å². The molecule has 3 rings (SSSR count). The van der Waals surface area contributed by atoms with E-state index >= 15 is 0 Å². The number of fused-ring (bicyclic) bond motifs is 1. The first-order valence-electron chi connectivity index (χ1n) is 6.93. The molecule has 2 N–H and O–H groups in total. The Labute approximate surface area is 136 Å². The number of amides is 2. The maximum Gasteiger partial charge on any atom is 0.221 e. The summed E-state index contributed by atoms with van der Waals surface area (Å²) in [6, 6.07) is 9.17. The topological polar surface area (TPSA) is 84.0 Å². The van der Waals surface area contributed by atoms with E-state index in [0.29, 0.717) is 11.2 Å². The molecule has 0 aliphatic carbocycles. The Morgan fingerprint density at radius 1 is 1.04 bits per heavy atom. The van der Waals surface area contributed by atoms with Crippen molar-refractivity contribution in [2.75, 3.05) is 10.6 Å². The molecule has 116 valence electrons. The van der Waals surface area contributed by atoms with Crippen molar-refractivity contribution in [3.05, 3.63) is 35.8 Å². The van der Waals surface area contributed by atoms with Crippen LogP contribution in [0.2, 0.25) is 0 Å². The van der Waals surface area contributed by atoms with Gasteiger partial charge in [0.1, 0.15) is 10.3 Å². The second-order valence-corrected chi connectivity index (χ2v) is 5.83. The number of benzene rings is 1. The molecule has 0 atom stereocenters. The van der Waals surface area contributed by atoms with Crippen LogP contribution >= 0.6 is 11.3 Å². The van der Waals surface area contributed by atoms with Crippen molar-refractivity contribution < 1.29 is 9.59 Å². The Hall–Kier alpha value is -2.80. The third-order valence-corrected chi connectivity index (χ3v) is 3.84. The minimum absolute atomic E-state index is 0.116. The van der Waals surface area contributed by atoms with Gasteiger partial charge in [-0.05, 0) is 18.2 Å². The van der Waals surface area contributed by atoms with E-state index in [1.54, 1.807) is 11.6 Å². The Balaban J connectivity index is 2.01. The fraction of sp³-hybridized carbons (Fsp3) is 0.125. The lowest BCUT2D eigenvalue weighted by molar-refractivity contribution is -0.115. The van der Waals surface area contributed by atoms with Gasteiger partial charge in [0, 0.05) is 25.1 Å². The van der Waals surface area contributed by atoms with Gasteiger partial charge in [0.2, 0.25) is 11.8 Å². The zero-order valence-corrected chi connectivity index (χ0v) is 13.4. The lowest BCUT2D eigenvalue weighted by Crippen LogP contribution is -2.07. The monoisotopic (exact) mass is 326 g/mol. The van der Waals surface area contributed by atoms with Crippen LogP contribution in [-0.2, 0) is 9.59 Å². The van der Waals surface area contributed by atoms with Gasteiger partial charge >= 0.3 is 0 Å². The molecule has 0 spiro atoms. The van der Waals surface area contributed by atoms with Crippen LogP contribution < -0.4 is 10.6 Å². The second-order valence-electron chi connectivity index (χ2n) is 5.00. The molecule has 2 heterocycles. The summed E-state index contributed by atoms with van der Waals surface area (Å²) in [5.41, 5.74) is 5.38. The van der Waals surface area contributed by atoms with Crippen LogP contribution in [0.4, 0.5) is 11.4 Å². The lowest BCUT2D eigenvalue weighted by atomic mass is 10.1. The first-order chi connectivity index (χ1) is 11.0. The van der Waals surface area contributed by atoms with Gasteiger partial charge in [0.05, 0.1) is 16.9 Å². The molecule has 2 amide bonds. The van der Waals surface area contributed by atoms with Gasteiger partial charge < -0.3 is 10.6 Å². The lowest BCUT2D eigenvalue weighted by Gasteiger charge is -2.08. The number of nitrogens with zero attached hydrogens (tertiary/aromatic N) is 2. The first-order valence-corrected chi connectivity index (χ1v) is 7.81. The first kappa shape index (κ1) is 15.1. The van der Waals surface area contributed by atoms with Crippen molar-refractivity contribution in [1.29, 1.82) is 0 Å². The van der Waals surface area contributed by atoms with E-state index < -0.39 is 0 Å². The normalized spacial score (nSPS) is 10.5. The molecule has 0 bridgehead atoms. The number of carbonyl (C=O) groups excluding carboxylic acids is 2. The van der Waals surface area contributed by atoms with Gasteiger partial charge in [-0.15, -0.1) is 11.3 Å². The number of carbonyl (C=O) groups is 2. The van der Waals surface area contributed by atoms with Crippen LogP contribution in [0.5, 0.6) is 0 Å². The van der Waals surface area contributed by atoms with Crippen LogP contribution in [0.15, 0.2) is 35.8 Å². The average molecular weight is 326 g/mol. The SMILES string of the molecule is CC(=O)Nc1ccc(-c2cc(NC(C)=O)c3ncsc3n2)cc1. The molecule has 1 aromatic carbocycles. The zero-order valence-electron chi connectivity index (χ0n) is 12.6. The molecule has 3 aromatic rings. The highest BCUT2D eigenvalue weighted by Gasteiger charge is 2.11. The van der Waals surface area contributed by atoms with E-state index in [4.69, 9.17) is 0 Å². The largest absolute Gasteiger partial charge is 0.326 e. The smallest absolute Gasteiger partial charge is 0.221 e. The summed E-state index contributed by atoms with van der Waals surface area (Å²) in [6.45, 7) is 2.92. The minimum Gasteiger partial charge on any atom is -0.326 e. The fourth-order valence-corrected chi connectivity index (χ4v) is 2.89. The molecule has 0 aliphatic heterocycles. The summed E-state index contributed by atoms with van der Waals surface area (Å²) in [7, 11) is 0. The van der Waals surface area contributed by atoms with E-state index in [0.717, 1.165) is 21.8 Å². The highest BCUT2D eigenvalue weighted by Crippen LogP contribution is 2.30. The van der Waals surface area contributed by atoms with Crippen molar-refractivity contribution in [2.45, 2.75) is 13.8 Å². The highest BCUT2D eigenvalue weighted by atomic mass is 32.1. The summed E-state index contributed by atoms with van der Waals surface area (Å²) in [5.74, 6) is -0.271. The average Bonchev–Trinajstić information content (AvgIpc) is 2.95. The number of hydrogen-bond acceptors (Lipinski definition) is 5. The molecular formula is C16H14N4O2S. The van der Waals surface area contributed by atoms with Crippen molar-refractivity contribution >= 4 is 44.9 Å². The predicted molar refractivity (Wildman–Crippen MR) is 91.5 cm³/mol. The van der Waals surface area contributed by atoms with Gasteiger partial charge in [0.15, 0.2) is 0 Å². The van der Waals surface area contributed by atoms with Crippen LogP contribution in [0.3, 0.4) is 0 Å². The maximum atomic E-state index is 11.4. The second kappa shape index (κ2) is 6.13. The minimum atomic E-state index is -0.155. The van der Waals surface area contributed by atoms with E-state index in [9.17, 15) is 9.59 Å². The third kappa shape index (κ3) is 3.35. The molecule has 0 saturated heterocycles. The summed E-state index contributed by atoms with van der Waals surface area (Å²) < 4.78 is 0. The van der Waals surface area contributed by atoms with Crippen molar-refractivity contribution in [3.8, 4) is 11.3 Å². The Morgan fingerprint density at radius 3 is 2.39 bits per heavy atom. The summed E-state index contributed by atoms with van der Waals surface area (Å²) in [5, 5.41) is 5.51. The molecule has 0 fully saturated rings. The zero-order chi connectivity index (χ0) is 16.4. The summed E-state index contributed by atoms with van der Waals surface area (Å²) in [6.07, 6.45) is 0. The number of pyridine rings is 1. The predicted octanol–water partition coefficient (Wildman–Crippen LogP) is 3.28. The quantitative estimate of drug-likeness (QED) is 0.773. The number of nitrogens with one attached hydrogen (secondary N) is 2. The third-order valence-electron chi connectivity index (χ3n) is 3.12. The molecule has 0 unspecified atom stereocenters. The van der Waals surface area contributed by atoms with Crippen molar-refractivity contribution in [3.63, 3.8) is 0 Å². The molecular weight excluding hydrogens is 312 g/mol. The van der Waals surface area contributed by atoms with Crippen LogP contribution in [0.1, 0.15) is 13.8 Å². The van der Waals surface area contributed by atoms with Crippen LogP contribution in [0, 0.1) is 0 Å². The van der Waals surface area contributed by atoms with Crippen LogP contribution in [0.25, 0.3) is 21.6 Å². The number of anilines is 2. The van der Waals surface area contributed by atoms with Gasteiger partial charge in [-0.25, -0.2) is 9.97 Å². The van der Waals surface area contributed by atoms with E-state index in [-0.39, 0.29) is 11.8 Å². The summed E-state index contributed by atoms with van der Waals surface area (Å²) in [4.78, 5) is 32.0. The number of thiazole rings is 1. The van der Waals surface area contributed by atoms with Gasteiger partial charge in [-0.1, -0.05) is 12.1 Å². The number of hydrogen-bond donors (Lipinski definition) is 2. The number of aromatic nitrogens is 2. The highest BCUT2D eigenvalue weighted by molar-refractivity contribution is 7.16. The number of rotatable bonds is 3. The summed E-state index contributed by atoms with van der Waals surface area (Å²) >= 11 is 1.42. The van der Waals surface area contributed by atoms with Gasteiger partial charge in [0.25, 0.3) is 0 Å². The van der Waals surface area contributed by atoms with Crippen molar-refractivity contribution in [2.24, 2.45) is 0 Å². The van der Waals surface area contributed by atoms with Crippen molar-refractivity contribution in [1.82, 2.24) is 9.97 Å². The molecule has 0 radical (unpaired) electrons. The molecule has 6 nitrogen and oxygen atoms in total. The Kier molecular flexibility index (Phi) is 4.03. The van der Waals surface area contributed by atoms with Gasteiger partial charge in [-0.3, -0.25) is 9.59 Å².